The molecule has 2 aromatic carbocycles. The molecule has 0 amide bonds. The molecule has 16 heteroatoms. The van der Waals surface area contributed by atoms with Crippen molar-refractivity contribution in [2.75, 3.05) is 7.05 Å². The number of hydrogen-bond donors (Lipinski definition) is 1. The van der Waals surface area contributed by atoms with Crippen LogP contribution in [0.1, 0.15) is 20.0 Å². The molecule has 49 heavy (non-hydrogen) atoms. The van der Waals surface area contributed by atoms with E-state index < -0.39 is 52.7 Å². The number of benzene rings is 2. The average Bonchev–Trinajstić information content (AvgIpc) is 3.80. The number of pyridine rings is 2. The van der Waals surface area contributed by atoms with E-state index in [-0.39, 0.29) is 73.0 Å². The van der Waals surface area contributed by atoms with Crippen LogP contribution in [0, 0.1) is 11.6 Å². The number of aldehydes is 1. The van der Waals surface area contributed by atoms with Gasteiger partial charge in [-0.15, -0.1) is 0 Å². The molecular formula is C33H31BF2N5NaO5S2. The van der Waals surface area contributed by atoms with Crippen LogP contribution in [0.25, 0.3) is 22.5 Å². The number of hydrogen-bond acceptors (Lipinski definition) is 8. The van der Waals surface area contributed by atoms with Gasteiger partial charge >= 0.3 is 29.6 Å². The summed E-state index contributed by atoms with van der Waals surface area (Å²) >= 11 is 0. The zero-order valence-corrected chi connectivity index (χ0v) is 29.7. The quantitative estimate of drug-likeness (QED) is 0.173. The standard InChI is InChI=1S/C17H16FN3O2S.C16H11FN2O3S.BH4.Na/c1-19-10-13-9-17(15-6-2-3-7-16(15)18)21(12-13)24(22,23)14-5-4-8-20-11-14;17-15-6-2-1-5-14(15)16-8-12(11-20)10-19(16)23(21,22)13-4-3-7-18-9-13;;/h2-9,11-12,19H,10H2,1H3;1-11H;1H4;/q;;-1;+1/i10D2;11D;1D4;. The smallest absolute Gasteiger partial charge is 0.316 e. The molecule has 10 nitrogen and oxygen atoms in total. The number of halogens is 2. The zero-order valence-electron chi connectivity index (χ0n) is 33.0. The maximum atomic E-state index is 14.3. The van der Waals surface area contributed by atoms with Crippen LogP contribution >= 0.6 is 0 Å². The molecule has 4 aromatic heterocycles. The summed E-state index contributed by atoms with van der Waals surface area (Å²) in [5.74, 6) is -1.24. The Morgan fingerprint density at radius 1 is 0.816 bits per heavy atom. The summed E-state index contributed by atoms with van der Waals surface area (Å²) in [7, 11) is -9.77. The average molecular weight is 721 g/mol. The minimum absolute atomic E-state index is 0. The second-order valence-corrected chi connectivity index (χ2v) is 13.3. The molecule has 0 spiro atoms. The van der Waals surface area contributed by atoms with Crippen LogP contribution in [0.2, 0.25) is 0 Å². The summed E-state index contributed by atoms with van der Waals surface area (Å²) < 4.78 is 129. The molecule has 0 aliphatic heterocycles. The van der Waals surface area contributed by atoms with E-state index in [9.17, 15) is 30.4 Å². The fraction of sp³-hybridized carbons (Fsp3) is 0.0606. The second-order valence-electron chi connectivity index (χ2n) is 9.64. The van der Waals surface area contributed by atoms with Gasteiger partial charge in [0.15, 0.2) is 6.26 Å². The van der Waals surface area contributed by atoms with Crippen molar-refractivity contribution in [2.45, 2.75) is 16.3 Å². The number of nitrogens with zero attached hydrogens (tertiary/aromatic N) is 4. The van der Waals surface area contributed by atoms with Crippen LogP contribution in [-0.4, -0.2) is 61.7 Å². The van der Waals surface area contributed by atoms with Crippen LogP contribution in [0.15, 0.2) is 132 Å². The van der Waals surface area contributed by atoms with Gasteiger partial charge in [-0.25, -0.2) is 38.9 Å². The first-order chi connectivity index (χ1) is 25.7. The first-order valence-corrected chi connectivity index (χ1v) is 16.5. The molecule has 248 valence electrons. The number of aromatic nitrogens is 4. The van der Waals surface area contributed by atoms with Gasteiger partial charge in [0.2, 0.25) is 0 Å². The van der Waals surface area contributed by atoms with Gasteiger partial charge in [-0.05, 0) is 73.3 Å². The van der Waals surface area contributed by atoms with Gasteiger partial charge in [0.05, 0.1) is 11.4 Å². The molecule has 0 aliphatic rings. The fourth-order valence-electron chi connectivity index (χ4n) is 4.51. The van der Waals surface area contributed by atoms with E-state index in [1.165, 1.54) is 98.4 Å². The van der Waals surface area contributed by atoms with E-state index in [0.717, 1.165) is 26.5 Å². The molecule has 6 rings (SSSR count). The molecule has 0 bridgehead atoms. The zero-order chi connectivity index (χ0) is 40.8. The van der Waals surface area contributed by atoms with E-state index >= 15 is 0 Å². The van der Waals surface area contributed by atoms with E-state index in [1.54, 1.807) is 12.1 Å². The number of carbonyl (C=O) groups excluding carboxylic acids is 1. The minimum atomic E-state index is -4.10. The van der Waals surface area contributed by atoms with Crippen molar-refractivity contribution >= 4 is 34.6 Å². The second kappa shape index (κ2) is 16.9. The van der Waals surface area contributed by atoms with Crippen molar-refractivity contribution in [1.29, 1.82) is 5.34 Å². The number of nitrogens with one attached hydrogen (secondary N) is 1. The van der Waals surface area contributed by atoms with Crippen LogP contribution in [0.4, 0.5) is 8.78 Å². The van der Waals surface area contributed by atoms with Gasteiger partial charge in [-0.1, -0.05) is 32.5 Å². The maximum Gasteiger partial charge on any atom is 1.00 e. The molecule has 0 saturated heterocycles. The topological polar surface area (TPSA) is 133 Å². The Labute approximate surface area is 316 Å². The molecule has 6 aromatic rings. The number of rotatable bonds is 9. The predicted molar refractivity (Wildman–Crippen MR) is 183 cm³/mol. The van der Waals surface area contributed by atoms with E-state index in [2.05, 4.69) is 15.3 Å². The van der Waals surface area contributed by atoms with E-state index in [4.69, 9.17) is 9.46 Å². The summed E-state index contributed by atoms with van der Waals surface area (Å²) in [6, 6.07) is 19.5. The number of carbonyl (C=O) groups is 1. The van der Waals surface area contributed by atoms with E-state index in [0.29, 0.717) is 0 Å². The molecule has 0 saturated carbocycles. The summed E-state index contributed by atoms with van der Waals surface area (Å²) in [5, 5.41) is 2.47. The maximum absolute atomic E-state index is 14.3. The molecule has 0 unspecified atom stereocenters. The Morgan fingerprint density at radius 2 is 1.29 bits per heavy atom. The minimum Gasteiger partial charge on any atom is -0.316 e. The van der Waals surface area contributed by atoms with Gasteiger partial charge in [-0.2, -0.15) is 0 Å². The van der Waals surface area contributed by atoms with Crippen molar-refractivity contribution in [3.8, 4) is 22.5 Å². The molecule has 0 radical (unpaired) electrons. The Kier molecular flexibility index (Phi) is 10.2. The van der Waals surface area contributed by atoms with Crippen LogP contribution in [-0.2, 0) is 26.5 Å². The van der Waals surface area contributed by atoms with Gasteiger partial charge in [-0.3, -0.25) is 14.8 Å². The van der Waals surface area contributed by atoms with Gasteiger partial charge in [0, 0.05) is 63.1 Å². The largest absolute Gasteiger partial charge is 1.00 e. The summed E-state index contributed by atoms with van der Waals surface area (Å²) in [4.78, 5) is 18.7. The van der Waals surface area contributed by atoms with Crippen molar-refractivity contribution in [2.24, 2.45) is 0 Å². The summed E-state index contributed by atoms with van der Waals surface area (Å²) in [5.41, 5.74) is -0.0318. The Hall–Kier alpha value is -4.25. The van der Waals surface area contributed by atoms with Crippen molar-refractivity contribution < 1.29 is 64.1 Å². The van der Waals surface area contributed by atoms with Gasteiger partial charge in [0.25, 0.3) is 20.0 Å². The van der Waals surface area contributed by atoms with Gasteiger partial charge in [0.1, 0.15) is 22.8 Å². The Bertz CT molecular complexity index is 2510. The summed E-state index contributed by atoms with van der Waals surface area (Å²) in [6.45, 7) is -1.99. The molecule has 4 heterocycles. The SMILES string of the molecule is [2H]C(=O)c1cc(-c2ccccc2F)n(S(=O)(=O)c2cccnc2)c1.[2H]C([2H])(NC)c1cc(-c2ccccc2F)n(S(=O)(=O)c2cccnc2)c1.[2H][B-]([2H])([2H])[2H].[Na+]. The molecular weight excluding hydrogens is 682 g/mol. The van der Waals surface area contributed by atoms with Crippen LogP contribution in [0.3, 0.4) is 0 Å². The van der Waals surface area contributed by atoms with Crippen molar-refractivity contribution in [3.63, 3.8) is 0 Å². The third-order valence-electron chi connectivity index (χ3n) is 6.64. The third kappa shape index (κ3) is 8.50. The molecule has 0 atom stereocenters. The van der Waals surface area contributed by atoms with Crippen molar-refractivity contribution in [1.82, 2.24) is 23.2 Å². The third-order valence-corrected chi connectivity index (χ3v) is 9.96. The van der Waals surface area contributed by atoms with E-state index in [1.807, 2.05) is 0 Å². The van der Waals surface area contributed by atoms with Crippen molar-refractivity contribution in [3.05, 3.63) is 145 Å². The molecule has 0 fully saturated rings. The predicted octanol–water partition coefficient (Wildman–Crippen LogP) is 0.937. The van der Waals surface area contributed by atoms with Gasteiger partial charge < -0.3 is 5.32 Å². The first kappa shape index (κ1) is 29.7. The van der Waals surface area contributed by atoms with Crippen LogP contribution in [0.5, 0.6) is 0 Å². The Morgan fingerprint density at radius 3 is 1.71 bits per heavy atom. The first-order valence-electron chi connectivity index (χ1n) is 17.5. The normalized spacial score (nSPS) is 13.5. The van der Waals surface area contributed by atoms with Crippen LogP contribution < -0.4 is 34.9 Å². The fourth-order valence-corrected chi connectivity index (χ4v) is 7.18. The molecule has 0 aliphatic carbocycles. The summed E-state index contributed by atoms with van der Waals surface area (Å²) in [6.07, 6.45) is 6.31. The monoisotopic (exact) mass is 720 g/mol. The molecule has 1 N–H and O–H groups in total. The Balaban J connectivity index is 0.000000265.